The van der Waals surface area contributed by atoms with Crippen LogP contribution in [0, 0.1) is 5.92 Å². The molecule has 2 unspecified atom stereocenters. The van der Waals surface area contributed by atoms with Crippen LogP contribution in [0.1, 0.15) is 54.1 Å². The molecule has 6 heteroatoms. The van der Waals surface area contributed by atoms with Gasteiger partial charge in [-0.05, 0) is 80.3 Å². The van der Waals surface area contributed by atoms with Crippen LogP contribution in [0.3, 0.4) is 0 Å². The average molecular weight is 438 g/mol. The molecule has 1 amide bonds. The number of ether oxygens (including phenoxy) is 2. The molecule has 4 rings (SSSR count). The number of nitrogens with one attached hydrogen (secondary N) is 1. The summed E-state index contributed by atoms with van der Waals surface area (Å²) >= 11 is 0. The Morgan fingerprint density at radius 1 is 1.19 bits per heavy atom. The van der Waals surface area contributed by atoms with Gasteiger partial charge in [-0.2, -0.15) is 0 Å². The first-order chi connectivity index (χ1) is 15.7. The van der Waals surface area contributed by atoms with Gasteiger partial charge in [0.15, 0.2) is 0 Å². The maximum atomic E-state index is 12.4. The van der Waals surface area contributed by atoms with Crippen molar-refractivity contribution >= 4 is 5.91 Å². The van der Waals surface area contributed by atoms with Gasteiger partial charge >= 0.3 is 0 Å². The molecule has 1 saturated heterocycles. The molecule has 6 nitrogen and oxygen atoms in total. The summed E-state index contributed by atoms with van der Waals surface area (Å²) in [6, 6.07) is 10.4. The molecule has 0 radical (unpaired) electrons. The molecular weight excluding hydrogens is 402 g/mol. The third-order valence-corrected chi connectivity index (χ3v) is 6.75. The van der Waals surface area contributed by atoms with Crippen molar-refractivity contribution in [3.05, 3.63) is 58.9 Å². The third kappa shape index (κ3) is 5.48. The van der Waals surface area contributed by atoms with Gasteiger partial charge in [-0.1, -0.05) is 12.1 Å². The van der Waals surface area contributed by atoms with Gasteiger partial charge < -0.3 is 14.8 Å². The van der Waals surface area contributed by atoms with Crippen molar-refractivity contribution in [2.75, 3.05) is 33.9 Å². The van der Waals surface area contributed by atoms with E-state index in [1.54, 1.807) is 20.4 Å². The summed E-state index contributed by atoms with van der Waals surface area (Å²) in [5.74, 6) is 1.20. The topological polar surface area (TPSA) is 63.7 Å². The van der Waals surface area contributed by atoms with E-state index in [0.29, 0.717) is 5.92 Å². The lowest BCUT2D eigenvalue weighted by Gasteiger charge is -2.37. The molecule has 0 spiro atoms. The van der Waals surface area contributed by atoms with E-state index in [0.717, 1.165) is 50.3 Å². The monoisotopic (exact) mass is 437 g/mol. The Hall–Kier alpha value is -2.44. The zero-order valence-corrected chi connectivity index (χ0v) is 19.3. The van der Waals surface area contributed by atoms with Crippen molar-refractivity contribution in [2.45, 2.75) is 51.1 Å². The number of methoxy groups -OCH3 is 2. The number of hydrogen-bond donors (Lipinski definition) is 1. The second kappa shape index (κ2) is 10.9. The first-order valence-corrected chi connectivity index (χ1v) is 11.8. The Bertz CT molecular complexity index is 903. The summed E-state index contributed by atoms with van der Waals surface area (Å²) in [6.45, 7) is 2.90. The Labute approximate surface area is 191 Å². The highest BCUT2D eigenvalue weighted by molar-refractivity contribution is 5.77. The highest BCUT2D eigenvalue weighted by atomic mass is 16.5. The number of piperidine rings is 1. The number of benzene rings is 1. The van der Waals surface area contributed by atoms with Crippen LogP contribution in [0.5, 0.6) is 5.75 Å². The molecule has 1 aromatic carbocycles. The minimum Gasteiger partial charge on any atom is -0.496 e. The molecule has 0 bridgehead atoms. The first-order valence-electron chi connectivity index (χ1n) is 11.8. The van der Waals surface area contributed by atoms with Crippen molar-refractivity contribution in [2.24, 2.45) is 5.92 Å². The Morgan fingerprint density at radius 2 is 2.00 bits per heavy atom. The van der Waals surface area contributed by atoms with E-state index in [4.69, 9.17) is 9.47 Å². The zero-order valence-electron chi connectivity index (χ0n) is 19.3. The molecule has 2 heterocycles. The second-order valence-corrected chi connectivity index (χ2v) is 9.01. The SMILES string of the molecule is COCC(=O)NC(c1ccccn1)C1CCCN(Cc2cc3c(cc2OC)CCCC3)C1. The van der Waals surface area contributed by atoms with Gasteiger partial charge in [-0.25, -0.2) is 0 Å². The third-order valence-electron chi connectivity index (χ3n) is 6.75. The normalized spacial score (nSPS) is 19.8. The molecule has 172 valence electrons. The number of pyridine rings is 1. The van der Waals surface area contributed by atoms with Gasteiger partial charge in [0.05, 0.1) is 18.8 Å². The lowest BCUT2D eigenvalue weighted by Crippen LogP contribution is -2.43. The van der Waals surface area contributed by atoms with Crippen LogP contribution in [0.25, 0.3) is 0 Å². The number of amides is 1. The summed E-state index contributed by atoms with van der Waals surface area (Å²) < 4.78 is 10.8. The minimum absolute atomic E-state index is 0.0616. The fraction of sp³-hybridized carbons (Fsp3) is 0.538. The predicted octanol–water partition coefficient (Wildman–Crippen LogP) is 3.68. The molecule has 2 aliphatic rings. The fourth-order valence-electron chi connectivity index (χ4n) is 5.22. The Morgan fingerprint density at radius 3 is 2.72 bits per heavy atom. The van der Waals surface area contributed by atoms with Crippen LogP contribution in [0.2, 0.25) is 0 Å². The number of rotatable bonds is 8. The van der Waals surface area contributed by atoms with Crippen molar-refractivity contribution in [1.29, 1.82) is 0 Å². The molecule has 1 fully saturated rings. The highest BCUT2D eigenvalue weighted by Crippen LogP contribution is 2.33. The fourth-order valence-corrected chi connectivity index (χ4v) is 5.22. The number of likely N-dealkylation sites (tertiary alicyclic amines) is 1. The Kier molecular flexibility index (Phi) is 7.76. The van der Waals surface area contributed by atoms with Gasteiger partial charge in [-0.3, -0.25) is 14.7 Å². The van der Waals surface area contributed by atoms with Crippen molar-refractivity contribution in [3.8, 4) is 5.75 Å². The van der Waals surface area contributed by atoms with Crippen LogP contribution < -0.4 is 10.1 Å². The molecule has 2 aromatic rings. The number of carbonyl (C=O) groups excluding carboxylic acids is 1. The molecular formula is C26H35N3O3. The van der Waals surface area contributed by atoms with Crippen LogP contribution in [0.4, 0.5) is 0 Å². The van der Waals surface area contributed by atoms with E-state index in [-0.39, 0.29) is 18.6 Å². The molecule has 1 aliphatic carbocycles. The van der Waals surface area contributed by atoms with E-state index in [1.807, 2.05) is 18.2 Å². The number of hydrogen-bond acceptors (Lipinski definition) is 5. The maximum Gasteiger partial charge on any atom is 0.246 e. The first kappa shape index (κ1) is 22.7. The predicted molar refractivity (Wildman–Crippen MR) is 125 cm³/mol. The second-order valence-electron chi connectivity index (χ2n) is 9.01. The van der Waals surface area contributed by atoms with Gasteiger partial charge in [-0.15, -0.1) is 0 Å². The number of fused-ring (bicyclic) bond motifs is 1. The van der Waals surface area contributed by atoms with E-state index in [2.05, 4.69) is 27.3 Å². The molecule has 1 N–H and O–H groups in total. The summed E-state index contributed by atoms with van der Waals surface area (Å²) in [4.78, 5) is 19.4. The van der Waals surface area contributed by atoms with E-state index < -0.39 is 0 Å². The molecule has 32 heavy (non-hydrogen) atoms. The molecule has 1 aromatic heterocycles. The average Bonchev–Trinajstić information content (AvgIpc) is 2.83. The summed E-state index contributed by atoms with van der Waals surface area (Å²) in [5, 5.41) is 3.17. The lowest BCUT2D eigenvalue weighted by atomic mass is 9.87. The minimum atomic E-state index is -0.118. The number of carbonyl (C=O) groups is 1. The number of aryl methyl sites for hydroxylation is 2. The van der Waals surface area contributed by atoms with Gasteiger partial charge in [0, 0.05) is 32.0 Å². The number of nitrogens with zero attached hydrogens (tertiary/aromatic N) is 2. The van der Waals surface area contributed by atoms with Crippen LogP contribution in [-0.4, -0.2) is 49.7 Å². The van der Waals surface area contributed by atoms with E-state index in [9.17, 15) is 4.79 Å². The summed E-state index contributed by atoms with van der Waals surface area (Å²) in [5.41, 5.74) is 5.12. The van der Waals surface area contributed by atoms with Crippen LogP contribution in [-0.2, 0) is 28.9 Å². The van der Waals surface area contributed by atoms with Crippen molar-refractivity contribution in [1.82, 2.24) is 15.2 Å². The smallest absolute Gasteiger partial charge is 0.246 e. The van der Waals surface area contributed by atoms with E-state index >= 15 is 0 Å². The summed E-state index contributed by atoms with van der Waals surface area (Å²) in [7, 11) is 3.32. The quantitative estimate of drug-likeness (QED) is 0.683. The molecule has 2 atom stereocenters. The van der Waals surface area contributed by atoms with Crippen molar-refractivity contribution < 1.29 is 14.3 Å². The number of aromatic nitrogens is 1. The van der Waals surface area contributed by atoms with Gasteiger partial charge in [0.1, 0.15) is 12.4 Å². The van der Waals surface area contributed by atoms with Crippen LogP contribution >= 0.6 is 0 Å². The van der Waals surface area contributed by atoms with Gasteiger partial charge in [0.25, 0.3) is 0 Å². The highest BCUT2D eigenvalue weighted by Gasteiger charge is 2.31. The largest absolute Gasteiger partial charge is 0.496 e. The van der Waals surface area contributed by atoms with Crippen molar-refractivity contribution in [3.63, 3.8) is 0 Å². The lowest BCUT2D eigenvalue weighted by molar-refractivity contribution is -0.126. The summed E-state index contributed by atoms with van der Waals surface area (Å²) in [6.07, 6.45) is 8.83. The molecule has 0 saturated carbocycles. The Balaban J connectivity index is 1.51. The van der Waals surface area contributed by atoms with E-state index in [1.165, 1.54) is 36.0 Å². The van der Waals surface area contributed by atoms with Crippen LogP contribution in [0.15, 0.2) is 36.5 Å². The molecule has 1 aliphatic heterocycles. The zero-order chi connectivity index (χ0) is 22.3. The standard InChI is InChI=1S/C26H35N3O3/c1-31-18-25(30)28-26(23-11-5-6-12-27-23)21-10-7-13-29(16-21)17-22-14-19-8-3-4-9-20(19)15-24(22)32-2/h5-6,11-12,14-15,21,26H,3-4,7-10,13,16-18H2,1-2H3,(H,28,30). The van der Waals surface area contributed by atoms with Gasteiger partial charge in [0.2, 0.25) is 5.91 Å². The maximum absolute atomic E-state index is 12.4.